The summed E-state index contributed by atoms with van der Waals surface area (Å²) in [5, 5.41) is 4.02. The lowest BCUT2D eigenvalue weighted by Gasteiger charge is -2.09. The van der Waals surface area contributed by atoms with Gasteiger partial charge in [-0.2, -0.15) is 0 Å². The molecule has 0 amide bonds. The maximum absolute atomic E-state index is 13.2. The van der Waals surface area contributed by atoms with Crippen LogP contribution in [0.25, 0.3) is 0 Å². The van der Waals surface area contributed by atoms with Gasteiger partial charge in [0, 0.05) is 17.3 Å². The fourth-order valence-corrected chi connectivity index (χ4v) is 1.96. The molecule has 18 heavy (non-hydrogen) atoms. The molecule has 2 rings (SSSR count). The first kappa shape index (κ1) is 13.2. The van der Waals surface area contributed by atoms with Crippen LogP contribution in [-0.2, 0) is 6.54 Å². The smallest absolute Gasteiger partial charge is 0.142 e. The normalized spacial score (nSPS) is 10.4. The molecule has 4 heteroatoms. The second-order valence-electron chi connectivity index (χ2n) is 4.03. The van der Waals surface area contributed by atoms with Gasteiger partial charge >= 0.3 is 0 Å². The molecule has 1 nitrogen and oxygen atoms in total. The summed E-state index contributed by atoms with van der Waals surface area (Å²) in [6.07, 6.45) is 0. The van der Waals surface area contributed by atoms with Gasteiger partial charge in [0.1, 0.15) is 5.82 Å². The molecule has 0 radical (unpaired) electrons. The SMILES string of the molecule is Cc1ccc(NCc2cccc(F)c2Cl)cc1Cl. The monoisotopic (exact) mass is 283 g/mol. The van der Waals surface area contributed by atoms with E-state index in [0.29, 0.717) is 17.1 Å². The highest BCUT2D eigenvalue weighted by molar-refractivity contribution is 6.32. The predicted octanol–water partition coefficient (Wildman–Crippen LogP) is 5.05. The Bertz CT molecular complexity index is 570. The van der Waals surface area contributed by atoms with E-state index in [1.54, 1.807) is 12.1 Å². The van der Waals surface area contributed by atoms with Gasteiger partial charge in [-0.1, -0.05) is 41.4 Å². The Morgan fingerprint density at radius 3 is 2.67 bits per heavy atom. The van der Waals surface area contributed by atoms with Crippen LogP contribution in [0.4, 0.5) is 10.1 Å². The zero-order valence-corrected chi connectivity index (χ0v) is 11.3. The van der Waals surface area contributed by atoms with Crippen molar-refractivity contribution < 1.29 is 4.39 Å². The summed E-state index contributed by atoms with van der Waals surface area (Å²) in [7, 11) is 0. The minimum Gasteiger partial charge on any atom is -0.381 e. The summed E-state index contributed by atoms with van der Waals surface area (Å²) in [6.45, 7) is 2.39. The second-order valence-corrected chi connectivity index (χ2v) is 4.82. The molecule has 0 bridgehead atoms. The number of anilines is 1. The number of rotatable bonds is 3. The van der Waals surface area contributed by atoms with E-state index in [9.17, 15) is 4.39 Å². The van der Waals surface area contributed by atoms with Crippen molar-refractivity contribution in [2.45, 2.75) is 13.5 Å². The molecule has 0 aliphatic carbocycles. The van der Waals surface area contributed by atoms with Crippen molar-refractivity contribution in [2.75, 3.05) is 5.32 Å². The van der Waals surface area contributed by atoms with E-state index in [1.165, 1.54) is 6.07 Å². The molecule has 94 valence electrons. The molecule has 0 saturated heterocycles. The molecule has 0 heterocycles. The number of halogens is 3. The Labute approximate surface area is 116 Å². The summed E-state index contributed by atoms with van der Waals surface area (Å²) >= 11 is 11.9. The Hall–Kier alpha value is -1.25. The van der Waals surface area contributed by atoms with Crippen molar-refractivity contribution in [3.63, 3.8) is 0 Å². The minimum atomic E-state index is -0.405. The molecular formula is C14H12Cl2FN. The summed E-state index contributed by atoms with van der Waals surface area (Å²) in [4.78, 5) is 0. The van der Waals surface area contributed by atoms with Crippen molar-refractivity contribution in [2.24, 2.45) is 0 Å². The van der Waals surface area contributed by atoms with Crippen LogP contribution >= 0.6 is 23.2 Å². The van der Waals surface area contributed by atoms with Crippen LogP contribution in [0, 0.1) is 12.7 Å². The topological polar surface area (TPSA) is 12.0 Å². The maximum atomic E-state index is 13.2. The van der Waals surface area contributed by atoms with E-state index < -0.39 is 5.82 Å². The Morgan fingerprint density at radius 1 is 1.17 bits per heavy atom. The number of hydrogen-bond acceptors (Lipinski definition) is 1. The first-order chi connectivity index (χ1) is 8.58. The van der Waals surface area contributed by atoms with E-state index in [4.69, 9.17) is 23.2 Å². The number of nitrogens with one attached hydrogen (secondary N) is 1. The van der Waals surface area contributed by atoms with Gasteiger partial charge in [0.15, 0.2) is 0 Å². The van der Waals surface area contributed by atoms with E-state index in [0.717, 1.165) is 11.3 Å². The lowest BCUT2D eigenvalue weighted by Crippen LogP contribution is -2.01. The molecule has 0 fully saturated rings. The molecule has 0 unspecified atom stereocenters. The molecular weight excluding hydrogens is 272 g/mol. The van der Waals surface area contributed by atoms with Gasteiger partial charge < -0.3 is 5.32 Å². The first-order valence-electron chi connectivity index (χ1n) is 5.51. The van der Waals surface area contributed by atoms with E-state index in [1.807, 2.05) is 25.1 Å². The van der Waals surface area contributed by atoms with Crippen molar-refractivity contribution in [1.82, 2.24) is 0 Å². The highest BCUT2D eigenvalue weighted by atomic mass is 35.5. The number of hydrogen-bond donors (Lipinski definition) is 1. The largest absolute Gasteiger partial charge is 0.381 e. The second kappa shape index (κ2) is 5.59. The standard InChI is InChI=1S/C14H12Cl2FN/c1-9-5-6-11(7-12(9)15)18-8-10-3-2-4-13(17)14(10)16/h2-7,18H,8H2,1H3. The van der Waals surface area contributed by atoms with E-state index >= 15 is 0 Å². The summed E-state index contributed by atoms with van der Waals surface area (Å²) in [5.74, 6) is -0.405. The molecule has 0 aliphatic heterocycles. The highest BCUT2D eigenvalue weighted by Gasteiger charge is 2.05. The molecule has 0 aliphatic rings. The van der Waals surface area contributed by atoms with Gasteiger partial charge in [0.2, 0.25) is 0 Å². The van der Waals surface area contributed by atoms with Crippen LogP contribution in [0.1, 0.15) is 11.1 Å². The maximum Gasteiger partial charge on any atom is 0.142 e. The molecule has 1 N–H and O–H groups in total. The Morgan fingerprint density at radius 2 is 1.94 bits per heavy atom. The number of aryl methyl sites for hydroxylation is 1. The lowest BCUT2D eigenvalue weighted by molar-refractivity contribution is 0.626. The van der Waals surface area contributed by atoms with Crippen LogP contribution in [0.15, 0.2) is 36.4 Å². The summed E-state index contributed by atoms with van der Waals surface area (Å²) in [5.41, 5.74) is 2.62. The average Bonchev–Trinajstić information content (AvgIpc) is 2.35. The van der Waals surface area contributed by atoms with Crippen molar-refractivity contribution in [1.29, 1.82) is 0 Å². The molecule has 2 aromatic rings. The fourth-order valence-electron chi connectivity index (χ4n) is 1.59. The summed E-state index contributed by atoms with van der Waals surface area (Å²) < 4.78 is 13.2. The molecule has 0 spiro atoms. The predicted molar refractivity (Wildman–Crippen MR) is 74.9 cm³/mol. The lowest BCUT2D eigenvalue weighted by atomic mass is 10.2. The first-order valence-corrected chi connectivity index (χ1v) is 6.26. The Kier molecular flexibility index (Phi) is 4.10. The minimum absolute atomic E-state index is 0.156. The van der Waals surface area contributed by atoms with Gasteiger partial charge in [0.05, 0.1) is 5.02 Å². The van der Waals surface area contributed by atoms with Crippen LogP contribution in [-0.4, -0.2) is 0 Å². The van der Waals surface area contributed by atoms with Gasteiger partial charge in [0.25, 0.3) is 0 Å². The number of benzene rings is 2. The molecule has 0 aromatic heterocycles. The summed E-state index contributed by atoms with van der Waals surface area (Å²) in [6, 6.07) is 10.5. The Balaban J connectivity index is 2.11. The van der Waals surface area contributed by atoms with E-state index in [-0.39, 0.29) is 5.02 Å². The molecule has 0 atom stereocenters. The third kappa shape index (κ3) is 2.95. The zero-order valence-electron chi connectivity index (χ0n) is 9.81. The van der Waals surface area contributed by atoms with Crippen molar-refractivity contribution in [3.8, 4) is 0 Å². The van der Waals surface area contributed by atoms with Gasteiger partial charge in [-0.15, -0.1) is 0 Å². The van der Waals surface area contributed by atoms with Gasteiger partial charge in [-0.25, -0.2) is 4.39 Å². The third-order valence-corrected chi connectivity index (χ3v) is 3.52. The average molecular weight is 284 g/mol. The van der Waals surface area contributed by atoms with Gasteiger partial charge in [-0.3, -0.25) is 0 Å². The van der Waals surface area contributed by atoms with Crippen molar-refractivity contribution >= 4 is 28.9 Å². The third-order valence-electron chi connectivity index (χ3n) is 2.69. The molecule has 2 aromatic carbocycles. The quantitative estimate of drug-likeness (QED) is 0.831. The van der Waals surface area contributed by atoms with Crippen molar-refractivity contribution in [3.05, 3.63) is 63.4 Å². The van der Waals surface area contributed by atoms with Crippen LogP contribution in [0.3, 0.4) is 0 Å². The van der Waals surface area contributed by atoms with Gasteiger partial charge in [-0.05, 0) is 36.2 Å². The fraction of sp³-hybridized carbons (Fsp3) is 0.143. The van der Waals surface area contributed by atoms with Crippen LogP contribution < -0.4 is 5.32 Å². The van der Waals surface area contributed by atoms with Crippen LogP contribution in [0.2, 0.25) is 10.0 Å². The van der Waals surface area contributed by atoms with Crippen LogP contribution in [0.5, 0.6) is 0 Å². The molecule has 0 saturated carbocycles. The van der Waals surface area contributed by atoms with E-state index in [2.05, 4.69) is 5.32 Å². The zero-order chi connectivity index (χ0) is 13.1. The highest BCUT2D eigenvalue weighted by Crippen LogP contribution is 2.23.